The summed E-state index contributed by atoms with van der Waals surface area (Å²) in [7, 11) is 0. The first-order valence-corrected chi connectivity index (χ1v) is 15.2. The lowest BCUT2D eigenvalue weighted by Crippen LogP contribution is -2.42. The van der Waals surface area contributed by atoms with E-state index in [-0.39, 0.29) is 23.6 Å². The van der Waals surface area contributed by atoms with Crippen molar-refractivity contribution < 1.29 is 13.9 Å². The van der Waals surface area contributed by atoms with Gasteiger partial charge in [-0.2, -0.15) is 0 Å². The fraction of sp³-hybridized carbons (Fsp3) is 0.621. The van der Waals surface area contributed by atoms with Gasteiger partial charge in [0.15, 0.2) is 11.6 Å². The zero-order valence-corrected chi connectivity index (χ0v) is 24.5. The van der Waals surface area contributed by atoms with Gasteiger partial charge in [0.1, 0.15) is 17.9 Å². The molecule has 2 aromatic rings. The second-order valence-corrected chi connectivity index (χ2v) is 12.7. The molecule has 39 heavy (non-hydrogen) atoms. The van der Waals surface area contributed by atoms with Gasteiger partial charge in [0.05, 0.1) is 11.8 Å². The van der Waals surface area contributed by atoms with Gasteiger partial charge in [-0.15, -0.1) is 0 Å². The van der Waals surface area contributed by atoms with Gasteiger partial charge in [0, 0.05) is 56.6 Å². The lowest BCUT2D eigenvalue weighted by molar-refractivity contribution is 0.0640. The highest BCUT2D eigenvalue weighted by molar-refractivity contribution is 7.97. The van der Waals surface area contributed by atoms with Gasteiger partial charge >= 0.3 is 0 Å². The summed E-state index contributed by atoms with van der Waals surface area (Å²) >= 11 is 1.84. The van der Waals surface area contributed by atoms with Crippen molar-refractivity contribution in [2.45, 2.75) is 59.2 Å². The minimum atomic E-state index is -0.476. The highest BCUT2D eigenvalue weighted by Crippen LogP contribution is 2.46. The largest absolute Gasteiger partial charge is 0.451 e. The number of likely N-dealkylation sites (tertiary alicyclic amines) is 1. The number of halogens is 1. The second-order valence-electron chi connectivity index (χ2n) is 11.6. The summed E-state index contributed by atoms with van der Waals surface area (Å²) in [5, 5.41) is 0. The first-order chi connectivity index (χ1) is 18.8. The van der Waals surface area contributed by atoms with Gasteiger partial charge in [-0.1, -0.05) is 18.9 Å². The maximum absolute atomic E-state index is 14.3. The molecule has 1 saturated carbocycles. The molecule has 3 atom stereocenters. The van der Waals surface area contributed by atoms with Gasteiger partial charge in [0.25, 0.3) is 5.91 Å². The van der Waals surface area contributed by atoms with Crippen molar-refractivity contribution in [1.82, 2.24) is 24.5 Å². The summed E-state index contributed by atoms with van der Waals surface area (Å²) in [6, 6.07) is 4.72. The molecular weight excluding hydrogens is 515 g/mol. The molecule has 212 valence electrons. The average molecular weight is 557 g/mol. The maximum atomic E-state index is 14.3. The van der Waals surface area contributed by atoms with Crippen molar-refractivity contribution in [2.24, 2.45) is 17.8 Å². The normalized spacial score (nSPS) is 24.5. The Hall–Kier alpha value is -2.43. The second kappa shape index (κ2) is 12.0. The summed E-state index contributed by atoms with van der Waals surface area (Å²) < 4.78 is 24.2. The Morgan fingerprint density at radius 1 is 1.18 bits per heavy atom. The first-order valence-electron chi connectivity index (χ1n) is 14.2. The Balaban J connectivity index is 1.25. The third-order valence-electron chi connectivity index (χ3n) is 8.13. The van der Waals surface area contributed by atoms with Crippen molar-refractivity contribution in [3.8, 4) is 11.5 Å². The number of nitrogens with one attached hydrogen (secondary N) is 1. The number of hydrogen-bond acceptors (Lipinski definition) is 8. The van der Waals surface area contributed by atoms with Crippen molar-refractivity contribution in [1.29, 1.82) is 0 Å². The lowest BCUT2D eigenvalue weighted by Gasteiger charge is -2.31. The van der Waals surface area contributed by atoms with E-state index in [0.717, 1.165) is 43.6 Å². The number of hydrogen-bond donors (Lipinski definition) is 1. The van der Waals surface area contributed by atoms with Crippen LogP contribution in [0.25, 0.3) is 0 Å². The SMILES string of the molecule is CCSNC1C2CN(CC3CCN(c4ncncc4Oc4ccc(F)cc4C(=O)N(C(C)C)C(C)C)C3)CC21. The summed E-state index contributed by atoms with van der Waals surface area (Å²) in [6.07, 6.45) is 4.26. The van der Waals surface area contributed by atoms with Crippen molar-refractivity contribution in [2.75, 3.05) is 43.4 Å². The number of piperidine rings is 1. The Morgan fingerprint density at radius 3 is 2.62 bits per heavy atom. The molecule has 1 amide bonds. The van der Waals surface area contributed by atoms with Crippen molar-refractivity contribution in [3.05, 3.63) is 42.1 Å². The Labute approximate surface area is 235 Å². The van der Waals surface area contributed by atoms with Gasteiger partial charge in [0.2, 0.25) is 0 Å². The quantitative estimate of drug-likeness (QED) is 0.400. The molecule has 2 aliphatic heterocycles. The number of anilines is 1. The fourth-order valence-corrected chi connectivity index (χ4v) is 7.07. The topological polar surface area (TPSA) is 73.8 Å². The minimum Gasteiger partial charge on any atom is -0.451 e. The number of nitrogens with zero attached hydrogens (tertiary/aromatic N) is 5. The number of amides is 1. The van der Waals surface area contributed by atoms with Crippen LogP contribution in [0.3, 0.4) is 0 Å². The predicted molar refractivity (Wildman–Crippen MR) is 154 cm³/mol. The van der Waals surface area contributed by atoms with E-state index < -0.39 is 5.82 Å². The molecule has 0 bridgehead atoms. The molecule has 2 saturated heterocycles. The monoisotopic (exact) mass is 556 g/mol. The van der Waals surface area contributed by atoms with E-state index in [1.807, 2.05) is 39.6 Å². The Morgan fingerprint density at radius 2 is 1.92 bits per heavy atom. The molecular formula is C29H41FN6O2S. The van der Waals surface area contributed by atoms with Gasteiger partial charge < -0.3 is 19.4 Å². The molecule has 5 rings (SSSR count). The molecule has 10 heteroatoms. The van der Waals surface area contributed by atoms with Crippen LogP contribution in [0.15, 0.2) is 30.7 Å². The summed E-state index contributed by atoms with van der Waals surface area (Å²) in [4.78, 5) is 28.8. The molecule has 0 spiro atoms. The Kier molecular flexibility index (Phi) is 8.63. The zero-order valence-electron chi connectivity index (χ0n) is 23.6. The highest BCUT2D eigenvalue weighted by atomic mass is 32.2. The average Bonchev–Trinajstić information content (AvgIpc) is 3.21. The van der Waals surface area contributed by atoms with Gasteiger partial charge in [-0.25, -0.2) is 14.4 Å². The number of rotatable bonds is 11. The van der Waals surface area contributed by atoms with Crippen LogP contribution in [-0.2, 0) is 0 Å². The molecule has 3 fully saturated rings. The van der Waals surface area contributed by atoms with Crippen molar-refractivity contribution >= 4 is 23.7 Å². The van der Waals surface area contributed by atoms with Crippen LogP contribution in [-0.4, -0.2) is 82.3 Å². The summed E-state index contributed by atoms with van der Waals surface area (Å²) in [5.41, 5.74) is 0.198. The molecule has 8 nitrogen and oxygen atoms in total. The Bertz CT molecular complexity index is 1150. The lowest BCUT2D eigenvalue weighted by atomic mass is 10.1. The van der Waals surface area contributed by atoms with E-state index in [4.69, 9.17) is 4.74 Å². The third-order valence-corrected chi connectivity index (χ3v) is 8.86. The van der Waals surface area contributed by atoms with Crippen LogP contribution < -0.4 is 14.4 Å². The summed E-state index contributed by atoms with van der Waals surface area (Å²) in [6.45, 7) is 15.3. The van der Waals surface area contributed by atoms with Crippen molar-refractivity contribution in [3.63, 3.8) is 0 Å². The van der Waals surface area contributed by atoms with Crippen LogP contribution in [0, 0.1) is 23.6 Å². The zero-order chi connectivity index (χ0) is 27.7. The highest BCUT2D eigenvalue weighted by Gasteiger charge is 2.55. The van der Waals surface area contributed by atoms with E-state index in [1.165, 1.54) is 37.6 Å². The first kappa shape index (κ1) is 28.1. The van der Waals surface area contributed by atoms with E-state index >= 15 is 0 Å². The standard InChI is InChI=1S/C29H41FN6O2S/c1-6-39-33-27-23-15-34(16-24(23)27)13-20-9-10-35(14-20)28-26(12-31-17-32-28)38-25-8-7-21(30)11-22(25)29(37)36(18(2)3)19(4)5/h7-8,11-12,17-20,23-24,27,33H,6,9-10,13-16H2,1-5H3. The smallest absolute Gasteiger partial charge is 0.258 e. The van der Waals surface area contributed by atoms with Crippen LogP contribution >= 0.6 is 11.9 Å². The summed E-state index contributed by atoms with van der Waals surface area (Å²) in [5.74, 6) is 4.04. The van der Waals surface area contributed by atoms with Gasteiger partial charge in [-0.3, -0.25) is 9.52 Å². The molecule has 3 unspecified atom stereocenters. The molecule has 1 aliphatic carbocycles. The van der Waals surface area contributed by atoms with E-state index in [1.54, 1.807) is 11.1 Å². The number of fused-ring (bicyclic) bond motifs is 1. The molecule has 3 heterocycles. The molecule has 1 N–H and O–H groups in total. The molecule has 0 radical (unpaired) electrons. The van der Waals surface area contributed by atoms with Crippen LogP contribution in [0.1, 0.15) is 51.4 Å². The van der Waals surface area contributed by atoms with Crippen LogP contribution in [0.4, 0.5) is 10.2 Å². The minimum absolute atomic E-state index is 0.0374. The van der Waals surface area contributed by atoms with Crippen LogP contribution in [0.5, 0.6) is 11.5 Å². The fourth-order valence-electron chi connectivity index (χ4n) is 6.36. The number of carbonyl (C=O) groups is 1. The van der Waals surface area contributed by atoms with E-state index in [2.05, 4.69) is 31.4 Å². The number of benzene rings is 1. The predicted octanol–water partition coefficient (Wildman–Crippen LogP) is 4.68. The number of ether oxygens (including phenoxy) is 1. The molecule has 1 aromatic heterocycles. The molecule has 3 aliphatic rings. The number of aromatic nitrogens is 2. The van der Waals surface area contributed by atoms with E-state index in [9.17, 15) is 9.18 Å². The maximum Gasteiger partial charge on any atom is 0.258 e. The van der Waals surface area contributed by atoms with Crippen LogP contribution in [0.2, 0.25) is 0 Å². The van der Waals surface area contributed by atoms with Gasteiger partial charge in [-0.05, 0) is 70.1 Å². The third kappa shape index (κ3) is 6.18. The molecule has 1 aromatic carbocycles. The number of carbonyl (C=O) groups excluding carboxylic acids is 1. The van der Waals surface area contributed by atoms with E-state index in [0.29, 0.717) is 29.3 Å².